The summed E-state index contributed by atoms with van der Waals surface area (Å²) in [4.78, 5) is 4.62. The van der Waals surface area contributed by atoms with Crippen molar-refractivity contribution in [1.29, 1.82) is 0 Å². The number of nitrogens with zero attached hydrogens (tertiary/aromatic N) is 1. The molecule has 0 aliphatic rings. The first-order valence-corrected chi connectivity index (χ1v) is 11.6. The molecular formula is C21H17ClN2O3S2. The van der Waals surface area contributed by atoms with Crippen molar-refractivity contribution in [1.82, 2.24) is 4.98 Å². The Morgan fingerprint density at radius 1 is 1.07 bits per heavy atom. The number of aromatic nitrogens is 1. The lowest BCUT2D eigenvalue weighted by Gasteiger charge is -2.10. The van der Waals surface area contributed by atoms with Gasteiger partial charge in [-0.15, -0.1) is 11.3 Å². The summed E-state index contributed by atoms with van der Waals surface area (Å²) < 4.78 is 33.7. The molecule has 4 aromatic rings. The molecule has 0 aliphatic heterocycles. The zero-order valence-electron chi connectivity index (χ0n) is 15.4. The molecule has 0 amide bonds. The molecule has 5 nitrogen and oxygen atoms in total. The lowest BCUT2D eigenvalue weighted by Crippen LogP contribution is -2.15. The predicted octanol–water partition coefficient (Wildman–Crippen LogP) is 5.57. The van der Waals surface area contributed by atoms with Crippen LogP contribution in [-0.2, 0) is 15.8 Å². The summed E-state index contributed by atoms with van der Waals surface area (Å²) in [5.41, 5.74) is 2.73. The van der Waals surface area contributed by atoms with Crippen LogP contribution in [0.2, 0.25) is 5.02 Å². The first-order valence-electron chi connectivity index (χ1n) is 8.72. The van der Waals surface area contributed by atoms with E-state index in [1.807, 2.05) is 36.4 Å². The van der Waals surface area contributed by atoms with E-state index in [1.165, 1.54) is 11.3 Å². The summed E-state index contributed by atoms with van der Waals surface area (Å²) in [6.07, 6.45) is 0. The Hall–Kier alpha value is -2.61. The Balaban J connectivity index is 1.58. The van der Waals surface area contributed by atoms with Gasteiger partial charge in [0.2, 0.25) is 10.0 Å². The number of fused-ring (bicyclic) bond motifs is 1. The quantitative estimate of drug-likeness (QED) is 0.422. The number of sulfonamides is 1. The zero-order valence-corrected chi connectivity index (χ0v) is 17.8. The summed E-state index contributed by atoms with van der Waals surface area (Å²) in [7, 11) is -1.92. The van der Waals surface area contributed by atoms with Crippen molar-refractivity contribution in [2.45, 2.75) is 5.75 Å². The number of ether oxygens (including phenoxy) is 1. The van der Waals surface area contributed by atoms with Crippen LogP contribution < -0.4 is 9.46 Å². The van der Waals surface area contributed by atoms with Crippen LogP contribution in [0.3, 0.4) is 0 Å². The highest BCUT2D eigenvalue weighted by atomic mass is 35.5. The minimum Gasteiger partial charge on any atom is -0.497 e. The lowest BCUT2D eigenvalue weighted by molar-refractivity contribution is 0.415. The van der Waals surface area contributed by atoms with Gasteiger partial charge < -0.3 is 4.74 Å². The fourth-order valence-electron chi connectivity index (χ4n) is 2.91. The second-order valence-electron chi connectivity index (χ2n) is 6.39. The molecule has 8 heteroatoms. The van der Waals surface area contributed by atoms with Gasteiger partial charge in [-0.25, -0.2) is 13.4 Å². The predicted molar refractivity (Wildman–Crippen MR) is 119 cm³/mol. The molecule has 0 radical (unpaired) electrons. The lowest BCUT2D eigenvalue weighted by atomic mass is 10.2. The van der Waals surface area contributed by atoms with E-state index in [4.69, 9.17) is 16.3 Å². The van der Waals surface area contributed by atoms with E-state index in [1.54, 1.807) is 37.4 Å². The molecule has 0 unspecified atom stereocenters. The van der Waals surface area contributed by atoms with Crippen molar-refractivity contribution in [3.63, 3.8) is 0 Å². The van der Waals surface area contributed by atoms with Gasteiger partial charge in [-0.05, 0) is 42.0 Å². The molecule has 1 N–H and O–H groups in total. The van der Waals surface area contributed by atoms with Gasteiger partial charge in [0.1, 0.15) is 10.8 Å². The summed E-state index contributed by atoms with van der Waals surface area (Å²) >= 11 is 7.95. The Bertz CT molecular complexity index is 1270. The van der Waals surface area contributed by atoms with Gasteiger partial charge in [-0.2, -0.15) is 0 Å². The largest absolute Gasteiger partial charge is 0.497 e. The molecule has 4 rings (SSSR count). The molecule has 0 bridgehead atoms. The molecule has 0 saturated heterocycles. The molecule has 3 aromatic carbocycles. The van der Waals surface area contributed by atoms with Crippen molar-refractivity contribution < 1.29 is 13.2 Å². The van der Waals surface area contributed by atoms with Gasteiger partial charge in [0.25, 0.3) is 0 Å². The van der Waals surface area contributed by atoms with Crippen LogP contribution in [0.4, 0.5) is 5.69 Å². The average Bonchev–Trinajstić information content (AvgIpc) is 3.10. The van der Waals surface area contributed by atoms with Gasteiger partial charge >= 0.3 is 0 Å². The molecule has 0 saturated carbocycles. The average molecular weight is 445 g/mol. The SMILES string of the molecule is COc1ccc2nc(-c3ccc(NS(=O)(=O)Cc4ccccc4)cc3Cl)sc2c1. The van der Waals surface area contributed by atoms with Gasteiger partial charge in [0, 0.05) is 5.56 Å². The topological polar surface area (TPSA) is 68.3 Å². The Morgan fingerprint density at radius 2 is 1.86 bits per heavy atom. The summed E-state index contributed by atoms with van der Waals surface area (Å²) in [5.74, 6) is 0.661. The minimum absolute atomic E-state index is 0.104. The van der Waals surface area contributed by atoms with Gasteiger partial charge in [0.05, 0.1) is 33.8 Å². The van der Waals surface area contributed by atoms with Crippen molar-refractivity contribution in [2.75, 3.05) is 11.8 Å². The van der Waals surface area contributed by atoms with E-state index in [9.17, 15) is 8.42 Å². The molecule has 0 spiro atoms. The van der Waals surface area contributed by atoms with Crippen LogP contribution in [0.1, 0.15) is 5.56 Å². The number of thiazole rings is 1. The highest BCUT2D eigenvalue weighted by Crippen LogP contribution is 2.37. The fraction of sp³-hybridized carbons (Fsp3) is 0.0952. The highest BCUT2D eigenvalue weighted by molar-refractivity contribution is 7.91. The fourth-order valence-corrected chi connectivity index (χ4v) is 5.46. The second-order valence-corrected chi connectivity index (χ2v) is 9.55. The summed E-state index contributed by atoms with van der Waals surface area (Å²) in [5, 5.41) is 1.19. The first kappa shape index (κ1) is 19.7. The third-order valence-electron chi connectivity index (χ3n) is 4.27. The standard InChI is InChI=1S/C21H17ClN2O3S2/c1-27-16-8-10-19-20(12-16)28-21(23-19)17-9-7-15(11-18(17)22)24-29(25,26)13-14-5-3-2-4-6-14/h2-12,24H,13H2,1H3. The van der Waals surface area contributed by atoms with Crippen molar-refractivity contribution >= 4 is 48.9 Å². The maximum atomic E-state index is 12.4. The molecule has 1 aromatic heterocycles. The molecule has 148 valence electrons. The third kappa shape index (κ3) is 4.53. The second kappa shape index (κ2) is 8.02. The number of halogens is 1. The Morgan fingerprint density at radius 3 is 2.59 bits per heavy atom. The van der Waals surface area contributed by atoms with Crippen molar-refractivity contribution in [3.8, 4) is 16.3 Å². The Kier molecular flexibility index (Phi) is 5.45. The molecule has 0 atom stereocenters. The summed E-state index contributed by atoms with van der Waals surface area (Å²) in [6, 6.07) is 19.8. The molecule has 29 heavy (non-hydrogen) atoms. The number of hydrogen-bond donors (Lipinski definition) is 1. The third-order valence-corrected chi connectivity index (χ3v) is 6.89. The number of benzene rings is 3. The number of anilines is 1. The van der Waals surface area contributed by atoms with E-state index >= 15 is 0 Å². The first-order chi connectivity index (χ1) is 13.9. The van der Waals surface area contributed by atoms with Crippen LogP contribution in [0.15, 0.2) is 66.7 Å². The maximum Gasteiger partial charge on any atom is 0.236 e. The minimum atomic E-state index is -3.55. The van der Waals surface area contributed by atoms with Crippen molar-refractivity contribution in [3.05, 3.63) is 77.3 Å². The van der Waals surface area contributed by atoms with E-state index in [0.29, 0.717) is 16.3 Å². The van der Waals surface area contributed by atoms with Crippen LogP contribution in [0.25, 0.3) is 20.8 Å². The van der Waals surface area contributed by atoms with E-state index in [0.717, 1.165) is 26.5 Å². The van der Waals surface area contributed by atoms with Gasteiger partial charge in [-0.3, -0.25) is 4.72 Å². The number of rotatable bonds is 6. The maximum absolute atomic E-state index is 12.4. The number of methoxy groups -OCH3 is 1. The van der Waals surface area contributed by atoms with E-state index in [2.05, 4.69) is 9.71 Å². The Labute approximate surface area is 178 Å². The number of nitrogens with one attached hydrogen (secondary N) is 1. The van der Waals surface area contributed by atoms with Crippen LogP contribution in [0, 0.1) is 0 Å². The molecule has 1 heterocycles. The van der Waals surface area contributed by atoms with E-state index in [-0.39, 0.29) is 5.75 Å². The van der Waals surface area contributed by atoms with Gasteiger partial charge in [0.15, 0.2) is 0 Å². The molecular weight excluding hydrogens is 428 g/mol. The monoisotopic (exact) mass is 444 g/mol. The van der Waals surface area contributed by atoms with Gasteiger partial charge in [-0.1, -0.05) is 41.9 Å². The molecule has 0 aliphatic carbocycles. The normalized spacial score (nSPS) is 11.5. The zero-order chi connectivity index (χ0) is 20.4. The van der Waals surface area contributed by atoms with Crippen LogP contribution >= 0.6 is 22.9 Å². The smallest absolute Gasteiger partial charge is 0.236 e. The van der Waals surface area contributed by atoms with Crippen LogP contribution in [0.5, 0.6) is 5.75 Å². The number of hydrogen-bond acceptors (Lipinski definition) is 5. The summed E-state index contributed by atoms with van der Waals surface area (Å²) in [6.45, 7) is 0. The van der Waals surface area contributed by atoms with E-state index < -0.39 is 10.0 Å². The van der Waals surface area contributed by atoms with Crippen LogP contribution in [-0.4, -0.2) is 20.5 Å². The highest BCUT2D eigenvalue weighted by Gasteiger charge is 2.15. The van der Waals surface area contributed by atoms with Crippen molar-refractivity contribution in [2.24, 2.45) is 0 Å². The molecule has 0 fully saturated rings.